The average molecular weight is 332 g/mol. The van der Waals surface area contributed by atoms with Gasteiger partial charge in [0.15, 0.2) is 0 Å². The van der Waals surface area contributed by atoms with E-state index in [2.05, 4.69) is 6.58 Å². The topological polar surface area (TPSA) is 83.8 Å². The standard InChI is InChI=1S/C19H24O5/c1-9-7-18-8-10(9)3-4-11(18)19-6-5-12(20)17(2,16(23)24-19)14(19)13(18)15(21)22/h10-14,20H,1,3-8H2,2H3,(H,21,22)/t10-,11-,12+,13?,14?,17+,18+,19+/m1/s1. The van der Waals surface area contributed by atoms with Crippen LogP contribution >= 0.6 is 0 Å². The molecule has 5 heteroatoms. The molecule has 5 rings (SSSR count). The number of aliphatic hydroxyl groups excluding tert-OH is 1. The van der Waals surface area contributed by atoms with E-state index in [9.17, 15) is 19.8 Å². The minimum Gasteiger partial charge on any atom is -0.481 e. The van der Waals surface area contributed by atoms with Crippen LogP contribution in [0.3, 0.4) is 0 Å². The van der Waals surface area contributed by atoms with Crippen LogP contribution in [-0.2, 0) is 14.3 Å². The smallest absolute Gasteiger partial charge is 0.315 e. The molecule has 1 aliphatic heterocycles. The molecule has 5 aliphatic rings. The monoisotopic (exact) mass is 332 g/mol. The van der Waals surface area contributed by atoms with E-state index < -0.39 is 40.9 Å². The van der Waals surface area contributed by atoms with Crippen LogP contribution < -0.4 is 0 Å². The van der Waals surface area contributed by atoms with Gasteiger partial charge in [-0.1, -0.05) is 12.2 Å². The van der Waals surface area contributed by atoms with Crippen LogP contribution in [0.1, 0.15) is 45.4 Å². The van der Waals surface area contributed by atoms with Crippen LogP contribution in [0, 0.1) is 34.5 Å². The number of esters is 1. The highest BCUT2D eigenvalue weighted by atomic mass is 16.6. The summed E-state index contributed by atoms with van der Waals surface area (Å²) in [7, 11) is 0. The van der Waals surface area contributed by atoms with Crippen LogP contribution in [0.5, 0.6) is 0 Å². The Morgan fingerprint density at radius 2 is 2.08 bits per heavy atom. The number of aliphatic carboxylic acids is 1. The Morgan fingerprint density at radius 3 is 2.79 bits per heavy atom. The molecule has 0 amide bonds. The lowest BCUT2D eigenvalue weighted by Gasteiger charge is -2.44. The summed E-state index contributed by atoms with van der Waals surface area (Å²) in [5, 5.41) is 20.8. The molecule has 4 aliphatic carbocycles. The Hall–Kier alpha value is -1.36. The van der Waals surface area contributed by atoms with Crippen LogP contribution in [-0.4, -0.2) is 33.9 Å². The Labute approximate surface area is 141 Å². The zero-order valence-electron chi connectivity index (χ0n) is 14.0. The lowest BCUT2D eigenvalue weighted by atomic mass is 9.59. The van der Waals surface area contributed by atoms with E-state index in [-0.39, 0.29) is 11.3 Å². The van der Waals surface area contributed by atoms with E-state index >= 15 is 0 Å². The number of fused-ring (bicyclic) bond motifs is 1. The highest BCUT2D eigenvalue weighted by molar-refractivity contribution is 5.85. The number of carbonyl (C=O) groups is 2. The van der Waals surface area contributed by atoms with Gasteiger partial charge in [-0.15, -0.1) is 0 Å². The molecule has 4 saturated carbocycles. The minimum absolute atomic E-state index is 0.0878. The second-order valence-corrected chi connectivity index (χ2v) is 9.07. The van der Waals surface area contributed by atoms with Crippen molar-refractivity contribution in [3.63, 3.8) is 0 Å². The summed E-state index contributed by atoms with van der Waals surface area (Å²) in [6, 6.07) is 0. The molecule has 8 atom stereocenters. The Bertz CT molecular complexity index is 685. The van der Waals surface area contributed by atoms with Crippen molar-refractivity contribution in [3.05, 3.63) is 12.2 Å². The number of aliphatic hydroxyl groups is 1. The molecule has 0 radical (unpaired) electrons. The van der Waals surface area contributed by atoms with Gasteiger partial charge in [0.25, 0.3) is 0 Å². The first-order valence-electron chi connectivity index (χ1n) is 9.09. The maximum absolute atomic E-state index is 12.7. The molecule has 5 fully saturated rings. The summed E-state index contributed by atoms with van der Waals surface area (Å²) >= 11 is 0. The van der Waals surface area contributed by atoms with Crippen molar-refractivity contribution in [2.75, 3.05) is 0 Å². The molecule has 1 saturated heterocycles. The van der Waals surface area contributed by atoms with Gasteiger partial charge in [0.1, 0.15) is 5.60 Å². The van der Waals surface area contributed by atoms with Gasteiger partial charge in [0.2, 0.25) is 0 Å². The molecule has 4 bridgehead atoms. The summed E-state index contributed by atoms with van der Waals surface area (Å²) < 4.78 is 6.01. The molecule has 2 N–H and O–H groups in total. The van der Waals surface area contributed by atoms with Crippen molar-refractivity contribution >= 4 is 11.9 Å². The third kappa shape index (κ3) is 1.29. The maximum atomic E-state index is 12.7. The van der Waals surface area contributed by atoms with Crippen LogP contribution in [0.4, 0.5) is 0 Å². The lowest BCUT2D eigenvalue weighted by molar-refractivity contribution is -0.162. The van der Waals surface area contributed by atoms with Gasteiger partial charge in [0.05, 0.1) is 17.4 Å². The van der Waals surface area contributed by atoms with Crippen LogP contribution in [0.15, 0.2) is 12.2 Å². The molecular weight excluding hydrogens is 308 g/mol. The molecule has 5 nitrogen and oxygen atoms in total. The third-order valence-electron chi connectivity index (χ3n) is 8.46. The zero-order chi connectivity index (χ0) is 17.1. The number of carboxylic acids is 1. The molecule has 2 unspecified atom stereocenters. The molecule has 1 spiro atoms. The normalized spacial score (nSPS) is 57.5. The molecule has 24 heavy (non-hydrogen) atoms. The van der Waals surface area contributed by atoms with Crippen LogP contribution in [0.2, 0.25) is 0 Å². The molecule has 0 aromatic rings. The second kappa shape index (κ2) is 4.06. The summed E-state index contributed by atoms with van der Waals surface area (Å²) in [6.07, 6.45) is 3.81. The first-order chi connectivity index (χ1) is 11.3. The SMILES string of the molecule is C=C1C[C@]23C[C@H]1CC[C@H]2[C@]12CC[C@H](O)[C@](C)(C(=O)O1)C2C3C(=O)O. The fourth-order valence-corrected chi connectivity index (χ4v) is 7.66. The number of rotatable bonds is 1. The lowest BCUT2D eigenvalue weighted by Crippen LogP contribution is -2.53. The number of ether oxygens (including phenoxy) is 1. The Balaban J connectivity index is 1.76. The highest BCUT2D eigenvalue weighted by Crippen LogP contribution is 2.77. The van der Waals surface area contributed by atoms with Gasteiger partial charge in [-0.05, 0) is 56.8 Å². The number of carbonyl (C=O) groups excluding carboxylic acids is 1. The van der Waals surface area contributed by atoms with Gasteiger partial charge in [-0.3, -0.25) is 9.59 Å². The van der Waals surface area contributed by atoms with E-state index in [0.717, 1.165) is 25.7 Å². The molecule has 1 heterocycles. The largest absolute Gasteiger partial charge is 0.481 e. The predicted octanol–water partition coefficient (Wildman–Crippen LogP) is 2.14. The quantitative estimate of drug-likeness (QED) is 0.568. The third-order valence-corrected chi connectivity index (χ3v) is 8.46. The van der Waals surface area contributed by atoms with Gasteiger partial charge in [-0.25, -0.2) is 0 Å². The zero-order valence-corrected chi connectivity index (χ0v) is 14.0. The van der Waals surface area contributed by atoms with Crippen molar-refractivity contribution in [1.82, 2.24) is 0 Å². The van der Waals surface area contributed by atoms with E-state index in [1.165, 1.54) is 5.57 Å². The van der Waals surface area contributed by atoms with Crippen molar-refractivity contribution in [3.8, 4) is 0 Å². The summed E-state index contributed by atoms with van der Waals surface area (Å²) in [4.78, 5) is 25.1. The summed E-state index contributed by atoms with van der Waals surface area (Å²) in [5.41, 5.74) is -0.953. The summed E-state index contributed by atoms with van der Waals surface area (Å²) in [5.74, 6) is -1.78. The van der Waals surface area contributed by atoms with Gasteiger partial charge < -0.3 is 14.9 Å². The first kappa shape index (κ1) is 14.9. The van der Waals surface area contributed by atoms with E-state index in [1.807, 2.05) is 0 Å². The second-order valence-electron chi connectivity index (χ2n) is 9.07. The number of allylic oxidation sites excluding steroid dienone is 1. The van der Waals surface area contributed by atoms with Crippen molar-refractivity contribution in [2.24, 2.45) is 34.5 Å². The number of hydrogen-bond donors (Lipinski definition) is 2. The first-order valence-corrected chi connectivity index (χ1v) is 9.09. The fraction of sp³-hybridized carbons (Fsp3) is 0.789. The van der Waals surface area contributed by atoms with E-state index in [0.29, 0.717) is 18.8 Å². The van der Waals surface area contributed by atoms with Gasteiger partial charge in [0, 0.05) is 11.8 Å². The molecule has 0 aromatic heterocycles. The molecule has 0 aromatic carbocycles. The maximum Gasteiger partial charge on any atom is 0.315 e. The Kier molecular flexibility index (Phi) is 2.53. The van der Waals surface area contributed by atoms with Crippen molar-refractivity contribution < 1.29 is 24.5 Å². The number of carboxylic acid groups (broad SMARTS) is 1. The van der Waals surface area contributed by atoms with Gasteiger partial charge in [-0.2, -0.15) is 0 Å². The van der Waals surface area contributed by atoms with Crippen LogP contribution in [0.25, 0.3) is 0 Å². The predicted molar refractivity (Wildman–Crippen MR) is 83.8 cm³/mol. The van der Waals surface area contributed by atoms with E-state index in [4.69, 9.17) is 4.74 Å². The van der Waals surface area contributed by atoms with E-state index in [1.54, 1.807) is 6.92 Å². The molecule has 130 valence electrons. The Morgan fingerprint density at radius 1 is 1.33 bits per heavy atom. The number of hydrogen-bond acceptors (Lipinski definition) is 4. The summed E-state index contributed by atoms with van der Waals surface area (Å²) in [6.45, 7) is 5.95. The van der Waals surface area contributed by atoms with Crippen molar-refractivity contribution in [1.29, 1.82) is 0 Å². The van der Waals surface area contributed by atoms with Gasteiger partial charge >= 0.3 is 11.9 Å². The minimum atomic E-state index is -1.09. The highest BCUT2D eigenvalue weighted by Gasteiger charge is 2.83. The molecular formula is C19H24O5. The van der Waals surface area contributed by atoms with Crippen molar-refractivity contribution in [2.45, 2.75) is 57.2 Å². The average Bonchev–Trinajstić information content (AvgIpc) is 2.98. The fourth-order valence-electron chi connectivity index (χ4n) is 7.66.